The Labute approximate surface area is 123 Å². The fraction of sp³-hybridized carbons (Fsp3) is 0.250. The molecule has 0 unspecified atom stereocenters. The van der Waals surface area contributed by atoms with Gasteiger partial charge in [0.15, 0.2) is 0 Å². The van der Waals surface area contributed by atoms with Crippen molar-refractivity contribution in [2.75, 3.05) is 6.54 Å². The van der Waals surface area contributed by atoms with Crippen molar-refractivity contribution in [1.82, 2.24) is 15.6 Å². The number of nitrogens with zero attached hydrogens (tertiary/aromatic N) is 1. The third-order valence-electron chi connectivity index (χ3n) is 3.07. The quantitative estimate of drug-likeness (QED) is 0.888. The molecule has 2 amide bonds. The summed E-state index contributed by atoms with van der Waals surface area (Å²) in [5.74, 6) is -0.263. The number of amides is 2. The Morgan fingerprint density at radius 2 is 2.14 bits per heavy atom. The van der Waals surface area contributed by atoms with E-state index in [1.807, 2.05) is 31.2 Å². The molecule has 1 atom stereocenters. The van der Waals surface area contributed by atoms with Crippen LogP contribution in [0.15, 0.2) is 48.7 Å². The van der Waals surface area contributed by atoms with Gasteiger partial charge >= 0.3 is 6.03 Å². The van der Waals surface area contributed by atoms with Crippen molar-refractivity contribution in [3.63, 3.8) is 0 Å². The number of carbonyl (C=O) groups excluding carboxylic acids is 1. The predicted molar refractivity (Wildman–Crippen MR) is 79.3 cm³/mol. The Morgan fingerprint density at radius 3 is 2.86 bits per heavy atom. The molecule has 0 saturated heterocycles. The van der Waals surface area contributed by atoms with Crippen molar-refractivity contribution in [2.24, 2.45) is 0 Å². The van der Waals surface area contributed by atoms with Crippen molar-refractivity contribution in [1.29, 1.82) is 0 Å². The maximum atomic E-state index is 13.0. The largest absolute Gasteiger partial charge is 0.338 e. The Bertz CT molecular complexity index is 589. The number of aromatic nitrogens is 1. The van der Waals surface area contributed by atoms with Crippen LogP contribution in [0.3, 0.4) is 0 Å². The summed E-state index contributed by atoms with van der Waals surface area (Å²) in [6.45, 7) is 2.32. The van der Waals surface area contributed by atoms with Crippen molar-refractivity contribution >= 4 is 6.03 Å². The molecule has 0 saturated carbocycles. The lowest BCUT2D eigenvalue weighted by Crippen LogP contribution is -2.38. The molecule has 1 aromatic carbocycles. The molecule has 110 valence electrons. The Morgan fingerprint density at radius 1 is 1.29 bits per heavy atom. The molecule has 2 aromatic rings. The van der Waals surface area contributed by atoms with Crippen LogP contribution in [0.5, 0.6) is 0 Å². The molecule has 0 bridgehead atoms. The lowest BCUT2D eigenvalue weighted by molar-refractivity contribution is 0.238. The highest BCUT2D eigenvalue weighted by Crippen LogP contribution is 2.07. The van der Waals surface area contributed by atoms with Crippen LogP contribution in [0.4, 0.5) is 9.18 Å². The van der Waals surface area contributed by atoms with E-state index in [1.165, 1.54) is 12.1 Å². The van der Waals surface area contributed by atoms with Gasteiger partial charge in [0.1, 0.15) is 5.82 Å². The van der Waals surface area contributed by atoms with E-state index in [0.29, 0.717) is 13.0 Å². The number of benzene rings is 1. The Hall–Kier alpha value is -2.43. The van der Waals surface area contributed by atoms with Crippen molar-refractivity contribution < 1.29 is 9.18 Å². The van der Waals surface area contributed by atoms with E-state index >= 15 is 0 Å². The SMILES string of the molecule is C[C@H](NC(=O)NCCc1cccc(F)c1)c1ccccn1. The molecule has 1 heterocycles. The molecular formula is C16H18FN3O. The molecule has 21 heavy (non-hydrogen) atoms. The van der Waals surface area contributed by atoms with Crippen LogP contribution in [0, 0.1) is 5.82 Å². The van der Waals surface area contributed by atoms with E-state index in [1.54, 1.807) is 12.3 Å². The first kappa shape index (κ1) is 15.0. The van der Waals surface area contributed by atoms with E-state index in [2.05, 4.69) is 15.6 Å². The van der Waals surface area contributed by atoms with Crippen LogP contribution in [-0.4, -0.2) is 17.6 Å². The minimum Gasteiger partial charge on any atom is -0.338 e. The molecule has 2 rings (SSSR count). The third-order valence-corrected chi connectivity index (χ3v) is 3.07. The second kappa shape index (κ2) is 7.38. The van der Waals surface area contributed by atoms with Gasteiger partial charge in [0.25, 0.3) is 0 Å². The zero-order valence-corrected chi connectivity index (χ0v) is 11.8. The number of carbonyl (C=O) groups is 1. The summed E-state index contributed by atoms with van der Waals surface area (Å²) in [7, 11) is 0. The molecule has 0 aliphatic heterocycles. The zero-order chi connectivity index (χ0) is 15.1. The highest BCUT2D eigenvalue weighted by atomic mass is 19.1. The Kier molecular flexibility index (Phi) is 5.26. The molecule has 1 aromatic heterocycles. The van der Waals surface area contributed by atoms with Gasteiger partial charge in [0.05, 0.1) is 11.7 Å². The fourth-order valence-electron chi connectivity index (χ4n) is 1.97. The van der Waals surface area contributed by atoms with E-state index in [0.717, 1.165) is 11.3 Å². The van der Waals surface area contributed by atoms with Crippen LogP contribution in [0.2, 0.25) is 0 Å². The Balaban J connectivity index is 1.75. The zero-order valence-electron chi connectivity index (χ0n) is 11.8. The van der Waals surface area contributed by atoms with E-state index in [-0.39, 0.29) is 17.9 Å². The monoisotopic (exact) mass is 287 g/mol. The van der Waals surface area contributed by atoms with E-state index in [4.69, 9.17) is 0 Å². The summed E-state index contributed by atoms with van der Waals surface area (Å²) >= 11 is 0. The smallest absolute Gasteiger partial charge is 0.315 e. The van der Waals surface area contributed by atoms with Gasteiger partial charge in [0, 0.05) is 12.7 Å². The van der Waals surface area contributed by atoms with Crippen LogP contribution >= 0.6 is 0 Å². The van der Waals surface area contributed by atoms with Gasteiger partial charge in [-0.25, -0.2) is 9.18 Å². The average molecular weight is 287 g/mol. The molecule has 0 fully saturated rings. The topological polar surface area (TPSA) is 54.0 Å². The van der Waals surface area contributed by atoms with Gasteiger partial charge < -0.3 is 10.6 Å². The van der Waals surface area contributed by atoms with Crippen molar-refractivity contribution in [3.8, 4) is 0 Å². The van der Waals surface area contributed by atoms with Gasteiger partial charge in [-0.1, -0.05) is 18.2 Å². The fourth-order valence-corrected chi connectivity index (χ4v) is 1.97. The number of hydrogen-bond acceptors (Lipinski definition) is 2. The van der Waals surface area contributed by atoms with Crippen LogP contribution < -0.4 is 10.6 Å². The summed E-state index contributed by atoms with van der Waals surface area (Å²) in [6.07, 6.45) is 2.28. The van der Waals surface area contributed by atoms with Gasteiger partial charge in [-0.15, -0.1) is 0 Å². The summed E-state index contributed by atoms with van der Waals surface area (Å²) in [4.78, 5) is 15.9. The molecule has 0 aliphatic rings. The standard InChI is InChI=1S/C16H18FN3O/c1-12(15-7-2-3-9-18-15)20-16(21)19-10-8-13-5-4-6-14(17)11-13/h2-7,9,11-12H,8,10H2,1H3,(H2,19,20,21)/t12-/m0/s1. The lowest BCUT2D eigenvalue weighted by Gasteiger charge is -2.14. The molecule has 0 aliphatic carbocycles. The second-order valence-electron chi connectivity index (χ2n) is 4.76. The molecule has 4 nitrogen and oxygen atoms in total. The normalized spacial score (nSPS) is 11.7. The van der Waals surface area contributed by atoms with Crippen LogP contribution in [-0.2, 0) is 6.42 Å². The van der Waals surface area contributed by atoms with Gasteiger partial charge in [-0.05, 0) is 43.2 Å². The molecule has 5 heteroatoms. The molecule has 2 N–H and O–H groups in total. The first-order chi connectivity index (χ1) is 10.1. The number of halogens is 1. The first-order valence-electron chi connectivity index (χ1n) is 6.85. The van der Waals surface area contributed by atoms with Gasteiger partial charge in [0.2, 0.25) is 0 Å². The molecule has 0 radical (unpaired) electrons. The maximum Gasteiger partial charge on any atom is 0.315 e. The second-order valence-corrected chi connectivity index (χ2v) is 4.76. The summed E-state index contributed by atoms with van der Waals surface area (Å²) in [6, 6.07) is 11.5. The average Bonchev–Trinajstić information content (AvgIpc) is 2.48. The van der Waals surface area contributed by atoms with E-state index < -0.39 is 0 Å². The third kappa shape index (κ3) is 4.87. The van der Waals surface area contributed by atoms with Crippen LogP contribution in [0.1, 0.15) is 24.2 Å². The highest BCUT2D eigenvalue weighted by molar-refractivity contribution is 5.74. The summed E-state index contributed by atoms with van der Waals surface area (Å²) < 4.78 is 13.0. The highest BCUT2D eigenvalue weighted by Gasteiger charge is 2.09. The van der Waals surface area contributed by atoms with Gasteiger partial charge in [-0.2, -0.15) is 0 Å². The maximum absolute atomic E-state index is 13.0. The first-order valence-corrected chi connectivity index (χ1v) is 6.85. The number of nitrogens with one attached hydrogen (secondary N) is 2. The number of urea groups is 1. The van der Waals surface area contributed by atoms with Crippen molar-refractivity contribution in [3.05, 3.63) is 65.7 Å². The molecular weight excluding hydrogens is 269 g/mol. The number of hydrogen-bond donors (Lipinski definition) is 2. The number of rotatable bonds is 5. The minimum atomic E-state index is -0.263. The number of pyridine rings is 1. The van der Waals surface area contributed by atoms with Gasteiger partial charge in [-0.3, -0.25) is 4.98 Å². The lowest BCUT2D eigenvalue weighted by atomic mass is 10.1. The van der Waals surface area contributed by atoms with Crippen LogP contribution in [0.25, 0.3) is 0 Å². The van der Waals surface area contributed by atoms with E-state index in [9.17, 15) is 9.18 Å². The molecule has 0 spiro atoms. The minimum absolute atomic E-state index is 0.166. The summed E-state index contributed by atoms with van der Waals surface area (Å²) in [5.41, 5.74) is 1.66. The summed E-state index contributed by atoms with van der Waals surface area (Å²) in [5, 5.41) is 5.56. The predicted octanol–water partition coefficient (Wildman–Crippen LogP) is 2.82. The van der Waals surface area contributed by atoms with Crippen molar-refractivity contribution in [2.45, 2.75) is 19.4 Å².